The standard InChI is InChI=1S/C22H26N2O4/c25-19-8-16-12-24(7-5-15-2-1-6-23-11-15)13-17(16)9-21(19)28-18-3-4-20-22(10-18)27-14-26-20/h1-4,6,10-11,16-17,19,21,25H,5,7-9,12-14H2/t16-,17+,19+,21+/m0/s1. The quantitative estimate of drug-likeness (QED) is 0.857. The van der Waals surface area contributed by atoms with E-state index in [0.29, 0.717) is 17.6 Å². The minimum absolute atomic E-state index is 0.167. The van der Waals surface area contributed by atoms with Crippen molar-refractivity contribution in [1.82, 2.24) is 9.88 Å². The van der Waals surface area contributed by atoms with Gasteiger partial charge in [-0.05, 0) is 54.9 Å². The normalized spacial score (nSPS) is 28.9. The minimum atomic E-state index is -0.426. The fourth-order valence-electron chi connectivity index (χ4n) is 4.75. The van der Waals surface area contributed by atoms with Crippen LogP contribution in [0.25, 0.3) is 0 Å². The van der Waals surface area contributed by atoms with Crippen molar-refractivity contribution in [2.24, 2.45) is 11.8 Å². The third kappa shape index (κ3) is 3.66. The Kier molecular flexibility index (Phi) is 4.82. The fraction of sp³-hybridized carbons (Fsp3) is 0.500. The highest BCUT2D eigenvalue weighted by Crippen LogP contribution is 2.40. The lowest BCUT2D eigenvalue weighted by Gasteiger charge is -2.35. The third-order valence-corrected chi connectivity index (χ3v) is 6.23. The second-order valence-electron chi connectivity index (χ2n) is 8.10. The summed E-state index contributed by atoms with van der Waals surface area (Å²) in [7, 11) is 0. The van der Waals surface area contributed by atoms with Crippen molar-refractivity contribution < 1.29 is 19.3 Å². The number of rotatable bonds is 5. The van der Waals surface area contributed by atoms with Gasteiger partial charge in [0.25, 0.3) is 0 Å². The molecule has 0 bridgehead atoms. The molecule has 1 N–H and O–H groups in total. The number of hydrogen-bond donors (Lipinski definition) is 1. The molecule has 1 aliphatic carbocycles. The van der Waals surface area contributed by atoms with E-state index in [1.807, 2.05) is 36.7 Å². The average molecular weight is 382 g/mol. The average Bonchev–Trinajstić information content (AvgIpc) is 3.33. The van der Waals surface area contributed by atoms with Crippen molar-refractivity contribution in [2.75, 3.05) is 26.4 Å². The molecule has 2 aromatic rings. The largest absolute Gasteiger partial charge is 0.488 e. The van der Waals surface area contributed by atoms with Crippen LogP contribution in [0.15, 0.2) is 42.7 Å². The summed E-state index contributed by atoms with van der Waals surface area (Å²) in [6.07, 6.45) is 5.89. The Hall–Kier alpha value is -2.31. The Bertz CT molecular complexity index is 815. The van der Waals surface area contributed by atoms with Crippen molar-refractivity contribution in [3.05, 3.63) is 48.3 Å². The van der Waals surface area contributed by atoms with Crippen LogP contribution in [0.4, 0.5) is 0 Å². The lowest BCUT2D eigenvalue weighted by molar-refractivity contribution is -0.0232. The molecule has 6 heteroatoms. The zero-order valence-corrected chi connectivity index (χ0v) is 15.9. The second-order valence-corrected chi connectivity index (χ2v) is 8.10. The Morgan fingerprint density at radius 3 is 2.82 bits per heavy atom. The molecule has 1 aromatic heterocycles. The molecule has 4 atom stereocenters. The highest BCUT2D eigenvalue weighted by molar-refractivity contribution is 5.47. The van der Waals surface area contributed by atoms with Crippen LogP contribution in [0.5, 0.6) is 17.2 Å². The number of hydrogen-bond acceptors (Lipinski definition) is 6. The predicted octanol–water partition coefficient (Wildman–Crippen LogP) is 2.50. The van der Waals surface area contributed by atoms with E-state index in [9.17, 15) is 5.11 Å². The van der Waals surface area contributed by atoms with Gasteiger partial charge in [-0.25, -0.2) is 0 Å². The number of nitrogens with zero attached hydrogens (tertiary/aromatic N) is 2. The van der Waals surface area contributed by atoms with Gasteiger partial charge in [-0.2, -0.15) is 0 Å². The molecule has 0 amide bonds. The summed E-state index contributed by atoms with van der Waals surface area (Å²) in [5.41, 5.74) is 1.28. The molecule has 0 unspecified atom stereocenters. The lowest BCUT2D eigenvalue weighted by Crippen LogP contribution is -2.42. The first-order valence-corrected chi connectivity index (χ1v) is 10.1. The number of aliphatic hydroxyl groups is 1. The van der Waals surface area contributed by atoms with E-state index in [2.05, 4.69) is 16.0 Å². The van der Waals surface area contributed by atoms with Crippen LogP contribution in [0.1, 0.15) is 18.4 Å². The van der Waals surface area contributed by atoms with Gasteiger partial charge in [0, 0.05) is 38.1 Å². The maximum atomic E-state index is 10.7. The van der Waals surface area contributed by atoms with Gasteiger partial charge >= 0.3 is 0 Å². The first kappa shape index (κ1) is 17.8. The van der Waals surface area contributed by atoms with Crippen molar-refractivity contribution in [1.29, 1.82) is 0 Å². The highest BCUT2D eigenvalue weighted by Gasteiger charge is 2.42. The van der Waals surface area contributed by atoms with Gasteiger partial charge in [0.2, 0.25) is 6.79 Å². The third-order valence-electron chi connectivity index (χ3n) is 6.23. The summed E-state index contributed by atoms with van der Waals surface area (Å²) in [6.45, 7) is 3.45. The van der Waals surface area contributed by atoms with E-state index < -0.39 is 6.10 Å². The lowest BCUT2D eigenvalue weighted by atomic mass is 9.78. The number of likely N-dealkylation sites (tertiary alicyclic amines) is 1. The van der Waals surface area contributed by atoms with Crippen molar-refractivity contribution in [2.45, 2.75) is 31.5 Å². The Labute approximate surface area is 165 Å². The van der Waals surface area contributed by atoms with Crippen LogP contribution in [0, 0.1) is 11.8 Å². The number of fused-ring (bicyclic) bond motifs is 2. The van der Waals surface area contributed by atoms with Gasteiger partial charge in [0.05, 0.1) is 6.10 Å². The summed E-state index contributed by atoms with van der Waals surface area (Å²) < 4.78 is 16.9. The second kappa shape index (κ2) is 7.60. The van der Waals surface area contributed by atoms with Gasteiger partial charge in [-0.3, -0.25) is 4.98 Å². The monoisotopic (exact) mass is 382 g/mol. The maximum Gasteiger partial charge on any atom is 0.231 e. The molecule has 1 saturated carbocycles. The Morgan fingerprint density at radius 2 is 1.96 bits per heavy atom. The zero-order valence-electron chi connectivity index (χ0n) is 15.9. The molecule has 0 radical (unpaired) electrons. The van der Waals surface area contributed by atoms with Crippen molar-refractivity contribution in [3.63, 3.8) is 0 Å². The molecule has 5 rings (SSSR count). The summed E-state index contributed by atoms with van der Waals surface area (Å²) >= 11 is 0. The van der Waals surface area contributed by atoms with Crippen LogP contribution in [0.3, 0.4) is 0 Å². The number of aliphatic hydroxyl groups excluding tert-OH is 1. The first-order chi connectivity index (χ1) is 13.7. The molecule has 1 saturated heterocycles. The molecule has 2 aliphatic heterocycles. The molecule has 3 heterocycles. The molecule has 0 spiro atoms. The zero-order chi connectivity index (χ0) is 18.9. The van der Waals surface area contributed by atoms with Crippen molar-refractivity contribution >= 4 is 0 Å². The predicted molar refractivity (Wildman–Crippen MR) is 104 cm³/mol. The van der Waals surface area contributed by atoms with Crippen LogP contribution in [0.2, 0.25) is 0 Å². The molecular formula is C22H26N2O4. The molecular weight excluding hydrogens is 356 g/mol. The van der Waals surface area contributed by atoms with Gasteiger partial charge in [-0.15, -0.1) is 0 Å². The maximum absolute atomic E-state index is 10.7. The van der Waals surface area contributed by atoms with Crippen LogP contribution >= 0.6 is 0 Å². The van der Waals surface area contributed by atoms with Gasteiger partial charge in [-0.1, -0.05) is 6.07 Å². The minimum Gasteiger partial charge on any atom is -0.488 e. The number of ether oxygens (including phenoxy) is 3. The fourth-order valence-corrected chi connectivity index (χ4v) is 4.75. The summed E-state index contributed by atoms with van der Waals surface area (Å²) in [4.78, 5) is 6.72. The van der Waals surface area contributed by atoms with Gasteiger partial charge in [0.1, 0.15) is 11.9 Å². The van der Waals surface area contributed by atoms with Crippen LogP contribution in [-0.4, -0.2) is 53.6 Å². The number of pyridine rings is 1. The van der Waals surface area contributed by atoms with E-state index in [4.69, 9.17) is 14.2 Å². The van der Waals surface area contributed by atoms with E-state index in [0.717, 1.165) is 50.4 Å². The highest BCUT2D eigenvalue weighted by atomic mass is 16.7. The van der Waals surface area contributed by atoms with E-state index in [-0.39, 0.29) is 12.9 Å². The smallest absolute Gasteiger partial charge is 0.231 e. The summed E-state index contributed by atoms with van der Waals surface area (Å²) in [5.74, 6) is 3.33. The first-order valence-electron chi connectivity index (χ1n) is 10.1. The van der Waals surface area contributed by atoms with Gasteiger partial charge < -0.3 is 24.2 Å². The topological polar surface area (TPSA) is 64.1 Å². The molecule has 148 valence electrons. The van der Waals surface area contributed by atoms with E-state index in [1.165, 1.54) is 5.56 Å². The molecule has 1 aromatic carbocycles. The van der Waals surface area contributed by atoms with Crippen molar-refractivity contribution in [3.8, 4) is 17.2 Å². The SMILES string of the molecule is O[C@@H]1C[C@H]2CN(CCc3cccnc3)C[C@H]2C[C@H]1Oc1ccc2c(c1)OCO2. The molecule has 6 nitrogen and oxygen atoms in total. The van der Waals surface area contributed by atoms with E-state index >= 15 is 0 Å². The molecule has 28 heavy (non-hydrogen) atoms. The summed E-state index contributed by atoms with van der Waals surface area (Å²) in [5, 5.41) is 10.7. The number of aromatic nitrogens is 1. The molecule has 3 aliphatic rings. The number of benzene rings is 1. The van der Waals surface area contributed by atoms with Gasteiger partial charge in [0.15, 0.2) is 11.5 Å². The van der Waals surface area contributed by atoms with Crippen LogP contribution in [-0.2, 0) is 6.42 Å². The Morgan fingerprint density at radius 1 is 1.11 bits per heavy atom. The Balaban J connectivity index is 1.18. The van der Waals surface area contributed by atoms with Crippen LogP contribution < -0.4 is 14.2 Å². The summed E-state index contributed by atoms with van der Waals surface area (Å²) in [6, 6.07) is 9.74. The van der Waals surface area contributed by atoms with E-state index in [1.54, 1.807) is 0 Å². The molecule has 2 fully saturated rings.